The second-order valence-electron chi connectivity index (χ2n) is 8.91. The van der Waals surface area contributed by atoms with Gasteiger partial charge in [0.05, 0.1) is 0 Å². The Morgan fingerprint density at radius 2 is 1.35 bits per heavy atom. The molecule has 0 unspecified atom stereocenters. The molecule has 3 aromatic carbocycles. The van der Waals surface area contributed by atoms with E-state index in [1.54, 1.807) is 19.1 Å². The molecule has 0 saturated heterocycles. The minimum Gasteiger partial charge on any atom is -0.507 e. The van der Waals surface area contributed by atoms with Gasteiger partial charge in [-0.25, -0.2) is 9.59 Å². The standard InChI is InChI=1S/C30H25NO6/c1-16-4-8-22(9-5-16)31-23-10-6-19(7-11-23)26(20-12-17(2)27(32)24(14-20)29(34)35)21-13-18(3)28(33)25(15-21)30(36)37/h4-15,31-32H,1-3H3,(H,34,35)(H,36,37). The van der Waals surface area contributed by atoms with Gasteiger partial charge in [0, 0.05) is 11.4 Å². The molecule has 186 valence electrons. The van der Waals surface area contributed by atoms with Crippen molar-refractivity contribution in [3.05, 3.63) is 117 Å². The number of carbonyl (C=O) groups is 3. The summed E-state index contributed by atoms with van der Waals surface area (Å²) in [6.45, 7) is 5.13. The highest BCUT2D eigenvalue weighted by atomic mass is 16.4. The van der Waals surface area contributed by atoms with Crippen LogP contribution < -0.4 is 5.32 Å². The van der Waals surface area contributed by atoms with Gasteiger partial charge in [0.1, 0.15) is 16.9 Å². The molecular weight excluding hydrogens is 470 g/mol. The van der Waals surface area contributed by atoms with Crippen molar-refractivity contribution in [2.75, 3.05) is 5.32 Å². The van der Waals surface area contributed by atoms with Crippen LogP contribution in [0, 0.1) is 13.8 Å². The number of aromatic hydroxyl groups is 1. The first-order chi connectivity index (χ1) is 17.5. The Morgan fingerprint density at radius 1 is 0.757 bits per heavy atom. The Labute approximate surface area is 213 Å². The monoisotopic (exact) mass is 495 g/mol. The SMILES string of the molecule is CC1=CC(=C(c2ccc(Nc3ccc(C)cc3)cc2)c2cc(C)c(O)c(C(=O)O)c2)C=C(C(=O)O)C1=O. The predicted octanol–water partition coefficient (Wildman–Crippen LogP) is 5.79. The van der Waals surface area contributed by atoms with Gasteiger partial charge >= 0.3 is 11.9 Å². The smallest absolute Gasteiger partial charge is 0.339 e. The minimum atomic E-state index is -1.35. The van der Waals surface area contributed by atoms with Gasteiger partial charge in [-0.1, -0.05) is 29.8 Å². The first-order valence-corrected chi connectivity index (χ1v) is 11.5. The van der Waals surface area contributed by atoms with Gasteiger partial charge in [-0.05, 0) is 103 Å². The Hall–Kier alpha value is -4.91. The zero-order valence-corrected chi connectivity index (χ0v) is 20.5. The van der Waals surface area contributed by atoms with Gasteiger partial charge < -0.3 is 20.6 Å². The van der Waals surface area contributed by atoms with Crippen LogP contribution in [0.15, 0.2) is 89.5 Å². The average molecular weight is 496 g/mol. The fraction of sp³-hybridized carbons (Fsp3) is 0.100. The van der Waals surface area contributed by atoms with E-state index in [2.05, 4.69) is 5.32 Å². The molecule has 0 aliphatic heterocycles. The van der Waals surface area contributed by atoms with E-state index < -0.39 is 17.7 Å². The van der Waals surface area contributed by atoms with E-state index in [-0.39, 0.29) is 22.5 Å². The lowest BCUT2D eigenvalue weighted by Gasteiger charge is -2.18. The van der Waals surface area contributed by atoms with E-state index in [1.807, 2.05) is 55.5 Å². The lowest BCUT2D eigenvalue weighted by molar-refractivity contribution is -0.134. The summed E-state index contributed by atoms with van der Waals surface area (Å²) in [6.07, 6.45) is 2.89. The average Bonchev–Trinajstić information content (AvgIpc) is 2.85. The maximum absolute atomic E-state index is 12.4. The van der Waals surface area contributed by atoms with Crippen molar-refractivity contribution in [3.8, 4) is 5.75 Å². The third-order valence-corrected chi connectivity index (χ3v) is 6.13. The van der Waals surface area contributed by atoms with Crippen LogP contribution in [0.2, 0.25) is 0 Å². The topological polar surface area (TPSA) is 124 Å². The number of nitrogens with one attached hydrogen (secondary N) is 1. The number of hydrogen-bond donors (Lipinski definition) is 4. The highest BCUT2D eigenvalue weighted by Crippen LogP contribution is 2.36. The molecule has 0 fully saturated rings. The summed E-state index contributed by atoms with van der Waals surface area (Å²) in [5.41, 5.74) is 4.91. The highest BCUT2D eigenvalue weighted by molar-refractivity contribution is 6.25. The van der Waals surface area contributed by atoms with Crippen LogP contribution >= 0.6 is 0 Å². The van der Waals surface area contributed by atoms with Crippen LogP contribution in [0.25, 0.3) is 5.57 Å². The molecule has 7 heteroatoms. The van der Waals surface area contributed by atoms with E-state index in [1.165, 1.54) is 19.1 Å². The minimum absolute atomic E-state index is 0.249. The number of ketones is 1. The number of hydrogen-bond acceptors (Lipinski definition) is 5. The molecule has 0 amide bonds. The van der Waals surface area contributed by atoms with E-state index in [0.717, 1.165) is 16.9 Å². The number of carboxylic acid groups (broad SMARTS) is 2. The Morgan fingerprint density at radius 3 is 1.92 bits per heavy atom. The van der Waals surface area contributed by atoms with E-state index in [9.17, 15) is 29.7 Å². The number of Topliss-reactive ketones (excluding diaryl/α,β-unsaturated/α-hetero) is 1. The molecule has 0 aromatic heterocycles. The quantitative estimate of drug-likeness (QED) is 0.319. The Bertz CT molecular complexity index is 1520. The molecule has 0 atom stereocenters. The van der Waals surface area contributed by atoms with Crippen LogP contribution in [-0.4, -0.2) is 33.0 Å². The predicted molar refractivity (Wildman–Crippen MR) is 141 cm³/mol. The van der Waals surface area contributed by atoms with Crippen molar-refractivity contribution in [1.82, 2.24) is 0 Å². The normalized spacial score (nSPS) is 14.5. The van der Waals surface area contributed by atoms with Crippen LogP contribution in [0.5, 0.6) is 5.75 Å². The van der Waals surface area contributed by atoms with Crippen LogP contribution in [0.3, 0.4) is 0 Å². The van der Waals surface area contributed by atoms with Crippen molar-refractivity contribution in [2.24, 2.45) is 0 Å². The number of benzene rings is 3. The molecule has 7 nitrogen and oxygen atoms in total. The van der Waals surface area contributed by atoms with Gasteiger partial charge in [0.25, 0.3) is 0 Å². The van der Waals surface area contributed by atoms with Crippen molar-refractivity contribution in [1.29, 1.82) is 0 Å². The molecule has 37 heavy (non-hydrogen) atoms. The summed E-state index contributed by atoms with van der Waals surface area (Å²) < 4.78 is 0. The molecule has 0 radical (unpaired) electrons. The molecule has 4 N–H and O–H groups in total. The van der Waals surface area contributed by atoms with E-state index in [4.69, 9.17) is 0 Å². The number of aliphatic carboxylic acids is 1. The third kappa shape index (κ3) is 5.21. The summed E-state index contributed by atoms with van der Waals surface area (Å²) in [7, 11) is 0. The Balaban J connectivity index is 1.90. The lowest BCUT2D eigenvalue weighted by atomic mass is 9.85. The molecule has 1 aliphatic carbocycles. The maximum atomic E-state index is 12.4. The number of rotatable bonds is 6. The zero-order chi connectivity index (χ0) is 26.9. The van der Waals surface area contributed by atoms with Crippen molar-refractivity contribution in [2.45, 2.75) is 20.8 Å². The summed E-state index contributed by atoms with van der Waals surface area (Å²) in [5, 5.41) is 32.8. The van der Waals surface area contributed by atoms with Crippen LogP contribution in [-0.2, 0) is 9.59 Å². The number of allylic oxidation sites excluding steroid dienone is 4. The molecule has 0 spiro atoms. The number of aryl methyl sites for hydroxylation is 2. The molecule has 0 saturated carbocycles. The summed E-state index contributed by atoms with van der Waals surface area (Å²) in [5.74, 6) is -3.57. The van der Waals surface area contributed by atoms with Crippen LogP contribution in [0.1, 0.15) is 39.5 Å². The fourth-order valence-corrected chi connectivity index (χ4v) is 4.19. The molecule has 0 heterocycles. The third-order valence-electron chi connectivity index (χ3n) is 6.13. The molecule has 3 aromatic rings. The zero-order valence-electron chi connectivity index (χ0n) is 20.5. The van der Waals surface area contributed by atoms with E-state index >= 15 is 0 Å². The second-order valence-corrected chi connectivity index (χ2v) is 8.91. The first-order valence-electron chi connectivity index (χ1n) is 11.5. The molecular formula is C30H25NO6. The molecule has 1 aliphatic rings. The largest absolute Gasteiger partial charge is 0.507 e. The Kier molecular flexibility index (Phi) is 6.80. The number of aromatic carboxylic acids is 1. The van der Waals surface area contributed by atoms with E-state index in [0.29, 0.717) is 27.8 Å². The number of phenols is 1. The maximum Gasteiger partial charge on any atom is 0.339 e. The summed E-state index contributed by atoms with van der Waals surface area (Å²) in [4.78, 5) is 36.0. The van der Waals surface area contributed by atoms with Crippen LogP contribution in [0.4, 0.5) is 11.4 Å². The van der Waals surface area contributed by atoms with Gasteiger partial charge in [-0.2, -0.15) is 0 Å². The fourth-order valence-electron chi connectivity index (χ4n) is 4.19. The molecule has 0 bridgehead atoms. The number of anilines is 2. The van der Waals surface area contributed by atoms with Gasteiger partial charge in [0.2, 0.25) is 0 Å². The van der Waals surface area contributed by atoms with Crippen molar-refractivity contribution < 1.29 is 29.7 Å². The lowest BCUT2D eigenvalue weighted by Crippen LogP contribution is -2.17. The van der Waals surface area contributed by atoms with Gasteiger partial charge in [0.15, 0.2) is 5.78 Å². The second kappa shape index (κ2) is 9.99. The first kappa shape index (κ1) is 25.2. The highest BCUT2D eigenvalue weighted by Gasteiger charge is 2.25. The molecule has 4 rings (SSSR count). The van der Waals surface area contributed by atoms with Gasteiger partial charge in [-0.15, -0.1) is 0 Å². The number of carbonyl (C=O) groups excluding carboxylic acids is 1. The van der Waals surface area contributed by atoms with Crippen molar-refractivity contribution in [3.63, 3.8) is 0 Å². The van der Waals surface area contributed by atoms with Crippen molar-refractivity contribution >= 4 is 34.7 Å². The number of carboxylic acids is 2. The summed E-state index contributed by atoms with van der Waals surface area (Å²) >= 11 is 0. The summed E-state index contributed by atoms with van der Waals surface area (Å²) in [6, 6.07) is 18.3. The van der Waals surface area contributed by atoms with Gasteiger partial charge in [-0.3, -0.25) is 4.79 Å².